The van der Waals surface area contributed by atoms with Crippen LogP contribution < -0.4 is 0 Å². The van der Waals surface area contributed by atoms with Gasteiger partial charge >= 0.3 is 11.9 Å². The standard InChI is InChI=1S/C35H68O5/c1-4-5-6-7-8-9-10-11-12-13-14-15-16-19-22-25-28-34(37)39-31-33(30-36)40-35(38)29-26-23-20-17-18-21-24-27-32(2)3/h32-33,36H,4-31H2,1-3H3/t33-/m0/s1. The topological polar surface area (TPSA) is 72.8 Å². The van der Waals surface area contributed by atoms with Crippen molar-refractivity contribution in [2.24, 2.45) is 5.92 Å². The summed E-state index contributed by atoms with van der Waals surface area (Å²) in [6.45, 7) is 6.43. The van der Waals surface area contributed by atoms with Crippen molar-refractivity contribution >= 4 is 11.9 Å². The SMILES string of the molecule is CCCCCCCCCCCCCCCCCCC(=O)OC[C@H](CO)OC(=O)CCCCCCCCCC(C)C. The molecule has 0 bridgehead atoms. The van der Waals surface area contributed by atoms with Gasteiger partial charge in [-0.15, -0.1) is 0 Å². The average Bonchev–Trinajstić information content (AvgIpc) is 2.93. The molecule has 0 spiro atoms. The van der Waals surface area contributed by atoms with Crippen LogP contribution in [0.1, 0.15) is 188 Å². The van der Waals surface area contributed by atoms with Crippen LogP contribution in [0, 0.1) is 5.92 Å². The average molecular weight is 569 g/mol. The van der Waals surface area contributed by atoms with Crippen molar-refractivity contribution in [2.45, 2.75) is 194 Å². The molecule has 0 saturated carbocycles. The molecule has 5 heteroatoms. The van der Waals surface area contributed by atoms with Gasteiger partial charge in [0.15, 0.2) is 6.10 Å². The highest BCUT2D eigenvalue weighted by molar-refractivity contribution is 5.70. The number of esters is 2. The van der Waals surface area contributed by atoms with E-state index in [2.05, 4.69) is 20.8 Å². The normalized spacial score (nSPS) is 12.1. The van der Waals surface area contributed by atoms with Crippen LogP contribution in [0.2, 0.25) is 0 Å². The Labute approximate surface area is 248 Å². The number of rotatable bonds is 31. The molecular formula is C35H68O5. The monoisotopic (exact) mass is 569 g/mol. The summed E-state index contributed by atoms with van der Waals surface area (Å²) in [4.78, 5) is 24.1. The highest BCUT2D eigenvalue weighted by atomic mass is 16.6. The zero-order valence-corrected chi connectivity index (χ0v) is 27.0. The maximum absolute atomic E-state index is 12.1. The van der Waals surface area contributed by atoms with E-state index in [1.54, 1.807) is 0 Å². The number of aliphatic hydroxyl groups is 1. The van der Waals surface area contributed by atoms with Gasteiger partial charge in [-0.3, -0.25) is 9.59 Å². The molecule has 0 aliphatic carbocycles. The van der Waals surface area contributed by atoms with E-state index in [1.165, 1.54) is 122 Å². The minimum Gasteiger partial charge on any atom is -0.462 e. The zero-order chi connectivity index (χ0) is 29.5. The van der Waals surface area contributed by atoms with Gasteiger partial charge in [0.2, 0.25) is 0 Å². The van der Waals surface area contributed by atoms with Gasteiger partial charge in [0.05, 0.1) is 6.61 Å². The van der Waals surface area contributed by atoms with Gasteiger partial charge in [-0.05, 0) is 18.8 Å². The van der Waals surface area contributed by atoms with E-state index in [0.717, 1.165) is 38.0 Å². The van der Waals surface area contributed by atoms with Crippen LogP contribution in [0.4, 0.5) is 0 Å². The van der Waals surface area contributed by atoms with Crippen molar-refractivity contribution in [3.05, 3.63) is 0 Å². The molecule has 0 unspecified atom stereocenters. The molecule has 1 atom stereocenters. The Morgan fingerprint density at radius 2 is 0.925 bits per heavy atom. The lowest BCUT2D eigenvalue weighted by atomic mass is 10.0. The summed E-state index contributed by atoms with van der Waals surface area (Å²) in [5, 5.41) is 9.49. The molecule has 1 N–H and O–H groups in total. The van der Waals surface area contributed by atoms with Crippen LogP contribution >= 0.6 is 0 Å². The minimum atomic E-state index is -0.761. The lowest BCUT2D eigenvalue weighted by Gasteiger charge is -2.15. The van der Waals surface area contributed by atoms with Crippen molar-refractivity contribution in [3.8, 4) is 0 Å². The summed E-state index contributed by atoms with van der Waals surface area (Å²) in [6.07, 6.45) is 30.2. The number of carbonyl (C=O) groups is 2. The van der Waals surface area contributed by atoms with Crippen molar-refractivity contribution in [3.63, 3.8) is 0 Å². The Kier molecular flexibility index (Phi) is 30.0. The maximum atomic E-state index is 12.1. The molecule has 0 fully saturated rings. The minimum absolute atomic E-state index is 0.0592. The van der Waals surface area contributed by atoms with Gasteiger partial charge in [-0.25, -0.2) is 0 Å². The molecule has 0 aromatic heterocycles. The van der Waals surface area contributed by atoms with E-state index in [0.29, 0.717) is 12.8 Å². The summed E-state index contributed by atoms with van der Waals surface area (Å²) in [6, 6.07) is 0. The first-order chi connectivity index (χ1) is 19.5. The summed E-state index contributed by atoms with van der Waals surface area (Å²) in [5.74, 6) is 0.207. The van der Waals surface area contributed by atoms with Gasteiger partial charge in [0.25, 0.3) is 0 Å². The van der Waals surface area contributed by atoms with Gasteiger partial charge in [0.1, 0.15) is 6.61 Å². The Balaban J connectivity index is 3.51. The number of unbranched alkanes of at least 4 members (excludes halogenated alkanes) is 21. The zero-order valence-electron chi connectivity index (χ0n) is 27.0. The number of ether oxygens (including phenoxy) is 2. The van der Waals surface area contributed by atoms with E-state index >= 15 is 0 Å². The first kappa shape index (κ1) is 38.9. The molecule has 238 valence electrons. The first-order valence-corrected chi connectivity index (χ1v) is 17.5. The number of hydrogen-bond donors (Lipinski definition) is 1. The Bertz CT molecular complexity index is 548. The van der Waals surface area contributed by atoms with Crippen LogP contribution in [0.3, 0.4) is 0 Å². The second-order valence-electron chi connectivity index (χ2n) is 12.4. The Morgan fingerprint density at radius 3 is 1.32 bits per heavy atom. The summed E-state index contributed by atoms with van der Waals surface area (Å²) < 4.78 is 10.5. The largest absolute Gasteiger partial charge is 0.462 e. The fourth-order valence-corrected chi connectivity index (χ4v) is 5.15. The highest BCUT2D eigenvalue weighted by Crippen LogP contribution is 2.15. The lowest BCUT2D eigenvalue weighted by molar-refractivity contribution is -0.161. The Morgan fingerprint density at radius 1 is 0.550 bits per heavy atom. The smallest absolute Gasteiger partial charge is 0.306 e. The van der Waals surface area contributed by atoms with E-state index in [-0.39, 0.29) is 25.2 Å². The van der Waals surface area contributed by atoms with E-state index in [9.17, 15) is 14.7 Å². The third-order valence-electron chi connectivity index (χ3n) is 7.83. The highest BCUT2D eigenvalue weighted by Gasteiger charge is 2.16. The molecule has 0 aliphatic rings. The third-order valence-corrected chi connectivity index (χ3v) is 7.83. The molecule has 0 radical (unpaired) electrons. The molecular weight excluding hydrogens is 500 g/mol. The van der Waals surface area contributed by atoms with E-state index in [1.807, 2.05) is 0 Å². The van der Waals surface area contributed by atoms with Crippen molar-refractivity contribution in [2.75, 3.05) is 13.2 Å². The van der Waals surface area contributed by atoms with Crippen LogP contribution in [-0.4, -0.2) is 36.4 Å². The molecule has 5 nitrogen and oxygen atoms in total. The number of aliphatic hydroxyl groups excluding tert-OH is 1. The second-order valence-corrected chi connectivity index (χ2v) is 12.4. The quantitative estimate of drug-likeness (QED) is 0.0665. The van der Waals surface area contributed by atoms with E-state index in [4.69, 9.17) is 9.47 Å². The van der Waals surface area contributed by atoms with Gasteiger partial charge < -0.3 is 14.6 Å². The second kappa shape index (κ2) is 30.8. The molecule has 0 rings (SSSR count). The van der Waals surface area contributed by atoms with Crippen LogP contribution in [0.5, 0.6) is 0 Å². The fourth-order valence-electron chi connectivity index (χ4n) is 5.15. The first-order valence-electron chi connectivity index (χ1n) is 17.5. The van der Waals surface area contributed by atoms with Crippen molar-refractivity contribution in [1.82, 2.24) is 0 Å². The molecule has 0 aromatic carbocycles. The predicted octanol–water partition coefficient (Wildman–Crippen LogP) is 10.3. The molecule has 0 heterocycles. The summed E-state index contributed by atoms with van der Waals surface area (Å²) >= 11 is 0. The molecule has 0 saturated heterocycles. The van der Waals surface area contributed by atoms with Crippen LogP contribution in [-0.2, 0) is 19.1 Å². The summed E-state index contributed by atoms with van der Waals surface area (Å²) in [5.41, 5.74) is 0. The van der Waals surface area contributed by atoms with Gasteiger partial charge in [-0.1, -0.05) is 162 Å². The van der Waals surface area contributed by atoms with Crippen LogP contribution in [0.25, 0.3) is 0 Å². The number of hydrogen-bond acceptors (Lipinski definition) is 5. The number of carbonyl (C=O) groups excluding carboxylic acids is 2. The summed E-state index contributed by atoms with van der Waals surface area (Å²) in [7, 11) is 0. The van der Waals surface area contributed by atoms with Gasteiger partial charge in [0, 0.05) is 12.8 Å². The third kappa shape index (κ3) is 29.9. The molecule has 40 heavy (non-hydrogen) atoms. The molecule has 0 amide bonds. The maximum Gasteiger partial charge on any atom is 0.306 e. The van der Waals surface area contributed by atoms with Gasteiger partial charge in [-0.2, -0.15) is 0 Å². The fraction of sp³-hybridized carbons (Fsp3) is 0.943. The molecule has 0 aromatic rings. The molecule has 0 aliphatic heterocycles. The Hall–Kier alpha value is -1.10. The van der Waals surface area contributed by atoms with Crippen molar-refractivity contribution < 1.29 is 24.2 Å². The predicted molar refractivity (Wildman–Crippen MR) is 168 cm³/mol. The van der Waals surface area contributed by atoms with Crippen LogP contribution in [0.15, 0.2) is 0 Å². The lowest BCUT2D eigenvalue weighted by Crippen LogP contribution is -2.28. The van der Waals surface area contributed by atoms with Crippen molar-refractivity contribution in [1.29, 1.82) is 0 Å². The van der Waals surface area contributed by atoms with E-state index < -0.39 is 6.10 Å².